The minimum atomic E-state index is -1.23. The Labute approximate surface area is 161 Å². The second-order valence-electron chi connectivity index (χ2n) is 7.12. The van der Waals surface area contributed by atoms with Gasteiger partial charge in [-0.15, -0.1) is 0 Å². The Balaban J connectivity index is 1.56. The van der Waals surface area contributed by atoms with Crippen LogP contribution in [-0.4, -0.2) is 64.6 Å². The second kappa shape index (κ2) is 11.2. The van der Waals surface area contributed by atoms with Crippen LogP contribution in [0.3, 0.4) is 0 Å². The third kappa shape index (κ3) is 7.07. The lowest BCUT2D eigenvalue weighted by molar-refractivity contribution is -0.127. The van der Waals surface area contributed by atoms with E-state index in [2.05, 4.69) is 0 Å². The summed E-state index contributed by atoms with van der Waals surface area (Å²) in [6.45, 7) is 1.99. The topological polar surface area (TPSA) is 90.2 Å². The Morgan fingerprint density at radius 2 is 1.81 bits per heavy atom. The highest BCUT2D eigenvalue weighted by Gasteiger charge is 2.32. The number of ether oxygens (including phenoxy) is 1. The molecule has 0 radical (unpaired) electrons. The lowest BCUT2D eigenvalue weighted by Gasteiger charge is -2.29. The summed E-state index contributed by atoms with van der Waals surface area (Å²) in [5, 5.41) is 28.9. The first kappa shape index (κ1) is 21.6. The zero-order chi connectivity index (χ0) is 19.6. The van der Waals surface area contributed by atoms with Crippen LogP contribution in [0, 0.1) is 0 Å². The van der Waals surface area contributed by atoms with Gasteiger partial charge < -0.3 is 25.0 Å². The van der Waals surface area contributed by atoms with Gasteiger partial charge in [0.2, 0.25) is 5.91 Å². The molecule has 0 fully saturated rings. The van der Waals surface area contributed by atoms with Crippen LogP contribution in [0.1, 0.15) is 37.7 Å². The molecule has 6 heteroatoms. The van der Waals surface area contributed by atoms with E-state index in [9.17, 15) is 20.1 Å². The van der Waals surface area contributed by atoms with Crippen molar-refractivity contribution in [1.82, 2.24) is 4.90 Å². The van der Waals surface area contributed by atoms with Crippen LogP contribution in [0.5, 0.6) is 0 Å². The van der Waals surface area contributed by atoms with Crippen LogP contribution < -0.4 is 0 Å². The molecule has 1 aliphatic rings. The van der Waals surface area contributed by atoms with Gasteiger partial charge in [0.1, 0.15) is 12.2 Å². The van der Waals surface area contributed by atoms with E-state index in [0.717, 1.165) is 32.3 Å². The molecule has 1 aromatic rings. The molecule has 27 heavy (non-hydrogen) atoms. The number of benzene rings is 1. The van der Waals surface area contributed by atoms with Gasteiger partial charge in [-0.25, -0.2) is 0 Å². The van der Waals surface area contributed by atoms with Crippen molar-refractivity contribution in [2.24, 2.45) is 0 Å². The third-order valence-corrected chi connectivity index (χ3v) is 4.81. The molecule has 0 saturated carbocycles. The van der Waals surface area contributed by atoms with E-state index in [0.29, 0.717) is 18.7 Å². The van der Waals surface area contributed by atoms with Crippen molar-refractivity contribution in [2.45, 2.75) is 57.0 Å². The van der Waals surface area contributed by atoms with Gasteiger partial charge in [0.15, 0.2) is 0 Å². The maximum Gasteiger partial charge on any atom is 0.249 e. The molecule has 0 saturated heterocycles. The summed E-state index contributed by atoms with van der Waals surface area (Å²) in [5.74, 6) is -0.203. The number of carbonyl (C=O) groups is 1. The molecule has 6 nitrogen and oxygen atoms in total. The minimum absolute atomic E-state index is 0.0696. The van der Waals surface area contributed by atoms with E-state index in [1.165, 1.54) is 11.6 Å². The smallest absolute Gasteiger partial charge is 0.249 e. The number of aliphatic hydroxyl groups excluding tert-OH is 3. The lowest BCUT2D eigenvalue weighted by atomic mass is 9.91. The summed E-state index contributed by atoms with van der Waals surface area (Å²) in [4.78, 5) is 14.0. The summed E-state index contributed by atoms with van der Waals surface area (Å²) in [6.07, 6.45) is 1.83. The van der Waals surface area contributed by atoms with E-state index in [1.807, 2.05) is 30.3 Å². The Morgan fingerprint density at radius 3 is 2.52 bits per heavy atom. The Kier molecular flexibility index (Phi) is 8.94. The van der Waals surface area contributed by atoms with Gasteiger partial charge in [-0.3, -0.25) is 4.79 Å². The number of hydrogen-bond acceptors (Lipinski definition) is 5. The first-order chi connectivity index (χ1) is 13.0. The van der Waals surface area contributed by atoms with E-state index in [-0.39, 0.29) is 12.3 Å². The fourth-order valence-corrected chi connectivity index (χ4v) is 3.12. The quantitative estimate of drug-likeness (QED) is 0.539. The standard InChI is InChI=1S/C21H31NO5/c1-22(21(26)17-13-18(23)20(25)19(24)14-17)11-7-2-3-8-12-27-15-16-9-5-4-6-10-16/h4-6,9-10,13,18-20,23-25H,2-3,7-8,11-12,14-15H2,1H3/t18-,19-,20-/m1/s1. The monoisotopic (exact) mass is 377 g/mol. The first-order valence-corrected chi connectivity index (χ1v) is 9.61. The normalized spacial score (nSPS) is 22.4. The summed E-state index contributed by atoms with van der Waals surface area (Å²) < 4.78 is 5.65. The number of unbranched alkanes of at least 4 members (excludes halogenated alkanes) is 3. The Bertz CT molecular complexity index is 604. The SMILES string of the molecule is CN(CCCCCCOCc1ccccc1)C(=O)C1=C[C@@H](O)[C@@H](O)[C@H](O)C1. The number of likely N-dealkylation sites (N-methyl/N-ethyl adjacent to an activating group) is 1. The number of amides is 1. The highest BCUT2D eigenvalue weighted by atomic mass is 16.5. The van der Waals surface area contributed by atoms with Crippen molar-refractivity contribution >= 4 is 5.91 Å². The van der Waals surface area contributed by atoms with Crippen LogP contribution in [0.15, 0.2) is 42.0 Å². The van der Waals surface area contributed by atoms with Gasteiger partial charge in [0.05, 0.1) is 12.7 Å². The fourth-order valence-electron chi connectivity index (χ4n) is 3.12. The Morgan fingerprint density at radius 1 is 1.11 bits per heavy atom. The van der Waals surface area contributed by atoms with Gasteiger partial charge in [-0.05, 0) is 24.5 Å². The highest BCUT2D eigenvalue weighted by Crippen LogP contribution is 2.21. The van der Waals surface area contributed by atoms with Crippen molar-refractivity contribution in [2.75, 3.05) is 20.2 Å². The van der Waals surface area contributed by atoms with Crippen molar-refractivity contribution < 1.29 is 24.9 Å². The average Bonchev–Trinajstić information content (AvgIpc) is 2.67. The van der Waals surface area contributed by atoms with E-state index in [4.69, 9.17) is 4.74 Å². The van der Waals surface area contributed by atoms with Gasteiger partial charge in [0, 0.05) is 32.2 Å². The predicted molar refractivity (Wildman–Crippen MR) is 103 cm³/mol. The predicted octanol–water partition coefficient (Wildman–Crippen LogP) is 1.63. The Hall–Kier alpha value is -1.73. The maximum absolute atomic E-state index is 12.4. The second-order valence-corrected chi connectivity index (χ2v) is 7.12. The number of carbonyl (C=O) groups excluding carboxylic acids is 1. The van der Waals surface area contributed by atoms with E-state index < -0.39 is 18.3 Å². The summed E-state index contributed by atoms with van der Waals surface area (Å²) in [7, 11) is 1.72. The zero-order valence-corrected chi connectivity index (χ0v) is 16.0. The van der Waals surface area contributed by atoms with Gasteiger partial charge in [-0.2, -0.15) is 0 Å². The molecule has 0 spiro atoms. The third-order valence-electron chi connectivity index (χ3n) is 4.81. The molecule has 0 unspecified atom stereocenters. The molecule has 3 N–H and O–H groups in total. The van der Waals surface area contributed by atoms with E-state index in [1.54, 1.807) is 11.9 Å². The van der Waals surface area contributed by atoms with Gasteiger partial charge in [-0.1, -0.05) is 43.2 Å². The van der Waals surface area contributed by atoms with Crippen molar-refractivity contribution in [3.05, 3.63) is 47.5 Å². The van der Waals surface area contributed by atoms with Crippen molar-refractivity contribution in [3.63, 3.8) is 0 Å². The molecule has 150 valence electrons. The molecule has 0 aliphatic heterocycles. The van der Waals surface area contributed by atoms with E-state index >= 15 is 0 Å². The lowest BCUT2D eigenvalue weighted by Crippen LogP contribution is -2.42. The highest BCUT2D eigenvalue weighted by molar-refractivity contribution is 5.93. The zero-order valence-electron chi connectivity index (χ0n) is 16.0. The molecule has 3 atom stereocenters. The number of hydrogen-bond donors (Lipinski definition) is 3. The maximum atomic E-state index is 12.4. The molecular weight excluding hydrogens is 346 g/mol. The summed E-state index contributed by atoms with van der Waals surface area (Å²) in [5.41, 5.74) is 1.54. The van der Waals surface area contributed by atoms with Crippen LogP contribution in [0.2, 0.25) is 0 Å². The number of rotatable bonds is 10. The minimum Gasteiger partial charge on any atom is -0.390 e. The average molecular weight is 377 g/mol. The number of aliphatic hydroxyl groups is 3. The van der Waals surface area contributed by atoms with Gasteiger partial charge >= 0.3 is 0 Å². The fraction of sp³-hybridized carbons (Fsp3) is 0.571. The molecule has 1 aliphatic carbocycles. The molecule has 1 aromatic carbocycles. The first-order valence-electron chi connectivity index (χ1n) is 9.61. The van der Waals surface area contributed by atoms with Crippen molar-refractivity contribution in [1.29, 1.82) is 0 Å². The van der Waals surface area contributed by atoms with Crippen LogP contribution in [0.4, 0.5) is 0 Å². The molecule has 2 rings (SSSR count). The molecule has 0 heterocycles. The summed E-state index contributed by atoms with van der Waals surface area (Å²) in [6, 6.07) is 10.1. The molecular formula is C21H31NO5. The van der Waals surface area contributed by atoms with Crippen LogP contribution >= 0.6 is 0 Å². The molecule has 1 amide bonds. The van der Waals surface area contributed by atoms with Gasteiger partial charge in [0.25, 0.3) is 0 Å². The molecule has 0 bridgehead atoms. The van der Waals surface area contributed by atoms with Crippen molar-refractivity contribution in [3.8, 4) is 0 Å². The van der Waals surface area contributed by atoms with Crippen LogP contribution in [0.25, 0.3) is 0 Å². The number of nitrogens with zero attached hydrogens (tertiary/aromatic N) is 1. The summed E-state index contributed by atoms with van der Waals surface area (Å²) >= 11 is 0. The molecule has 0 aromatic heterocycles. The largest absolute Gasteiger partial charge is 0.390 e. The van der Waals surface area contributed by atoms with Crippen LogP contribution in [-0.2, 0) is 16.1 Å².